The molecule has 0 atom stereocenters. The Hall–Kier alpha value is -2.83. The van der Waals surface area contributed by atoms with Crippen LogP contribution in [0, 0.1) is 6.92 Å². The van der Waals surface area contributed by atoms with Gasteiger partial charge in [-0.2, -0.15) is 0 Å². The molecule has 2 aromatic rings. The van der Waals surface area contributed by atoms with E-state index in [2.05, 4.69) is 10.3 Å². The summed E-state index contributed by atoms with van der Waals surface area (Å²) in [7, 11) is 0. The molecule has 104 valence electrons. The molecule has 0 aromatic carbocycles. The second kappa shape index (κ2) is 5.43. The van der Waals surface area contributed by atoms with Gasteiger partial charge < -0.3 is 20.6 Å². The van der Waals surface area contributed by atoms with E-state index in [9.17, 15) is 9.59 Å². The number of primary amides is 1. The lowest BCUT2D eigenvalue weighted by molar-refractivity contribution is 0.0694. The lowest BCUT2D eigenvalue weighted by Gasteiger charge is -2.04. The lowest BCUT2D eigenvalue weighted by Crippen LogP contribution is -2.11. The summed E-state index contributed by atoms with van der Waals surface area (Å²) >= 11 is 0. The fraction of sp³-hybridized carbons (Fsp3) is 0.154. The van der Waals surface area contributed by atoms with Crippen LogP contribution in [-0.4, -0.2) is 22.0 Å². The summed E-state index contributed by atoms with van der Waals surface area (Å²) < 4.78 is 5.31. The topological polar surface area (TPSA) is 118 Å². The van der Waals surface area contributed by atoms with Crippen molar-refractivity contribution in [3.63, 3.8) is 0 Å². The first-order chi connectivity index (χ1) is 9.47. The highest BCUT2D eigenvalue weighted by molar-refractivity contribution is 5.93. The summed E-state index contributed by atoms with van der Waals surface area (Å²) in [6, 6.07) is 4.46. The number of aromatic carboxylic acids is 1. The van der Waals surface area contributed by atoms with Gasteiger partial charge in [-0.3, -0.25) is 4.79 Å². The van der Waals surface area contributed by atoms with Crippen molar-refractivity contribution in [3.8, 4) is 0 Å². The summed E-state index contributed by atoms with van der Waals surface area (Å²) in [6.45, 7) is 1.84. The largest absolute Gasteiger partial charge is 0.478 e. The molecular formula is C13H13N3O4. The molecule has 0 aliphatic carbocycles. The molecule has 0 aliphatic heterocycles. The van der Waals surface area contributed by atoms with Crippen molar-refractivity contribution in [2.75, 3.05) is 5.32 Å². The highest BCUT2D eigenvalue weighted by Crippen LogP contribution is 2.16. The molecular weight excluding hydrogens is 262 g/mol. The Morgan fingerprint density at radius 3 is 2.80 bits per heavy atom. The Labute approximate surface area is 114 Å². The van der Waals surface area contributed by atoms with Crippen molar-refractivity contribution < 1.29 is 19.1 Å². The normalized spacial score (nSPS) is 10.2. The van der Waals surface area contributed by atoms with E-state index in [-0.39, 0.29) is 12.1 Å². The molecule has 4 N–H and O–H groups in total. The van der Waals surface area contributed by atoms with Gasteiger partial charge in [0.15, 0.2) is 0 Å². The predicted octanol–water partition coefficient (Wildman–Crippen LogP) is 1.39. The summed E-state index contributed by atoms with van der Waals surface area (Å²) in [6.07, 6.45) is 1.46. The van der Waals surface area contributed by atoms with Crippen LogP contribution >= 0.6 is 0 Å². The quantitative estimate of drug-likeness (QED) is 0.758. The Kier molecular flexibility index (Phi) is 3.69. The number of nitrogens with one attached hydrogen (secondary N) is 1. The van der Waals surface area contributed by atoms with Crippen LogP contribution in [0.3, 0.4) is 0 Å². The molecule has 0 radical (unpaired) electrons. The van der Waals surface area contributed by atoms with E-state index in [1.165, 1.54) is 24.4 Å². The zero-order valence-corrected chi connectivity index (χ0v) is 10.7. The molecule has 7 nitrogen and oxygen atoms in total. The average molecular weight is 275 g/mol. The second-order valence-corrected chi connectivity index (χ2v) is 4.14. The first-order valence-electron chi connectivity index (χ1n) is 5.79. The van der Waals surface area contributed by atoms with Gasteiger partial charge in [-0.1, -0.05) is 0 Å². The maximum absolute atomic E-state index is 11.0. The third kappa shape index (κ3) is 2.94. The minimum Gasteiger partial charge on any atom is -0.478 e. The van der Waals surface area contributed by atoms with Crippen molar-refractivity contribution in [1.82, 2.24) is 4.98 Å². The van der Waals surface area contributed by atoms with Gasteiger partial charge in [0.05, 0.1) is 6.54 Å². The van der Waals surface area contributed by atoms with Crippen molar-refractivity contribution in [3.05, 3.63) is 47.0 Å². The Morgan fingerprint density at radius 2 is 2.20 bits per heavy atom. The van der Waals surface area contributed by atoms with Crippen molar-refractivity contribution in [2.24, 2.45) is 5.73 Å². The third-order valence-corrected chi connectivity index (χ3v) is 2.69. The monoisotopic (exact) mass is 275 g/mol. The smallest absolute Gasteiger partial charge is 0.339 e. The lowest BCUT2D eigenvalue weighted by atomic mass is 10.2. The number of nitrogens with two attached hydrogens (primary N) is 1. The number of anilines is 1. The van der Waals surface area contributed by atoms with Crippen LogP contribution < -0.4 is 11.1 Å². The SMILES string of the molecule is Cc1oc(CNc2cc(C(N)=O)ccn2)cc1C(=O)O. The highest BCUT2D eigenvalue weighted by atomic mass is 16.4. The standard InChI is InChI=1S/C13H13N3O4/c1-7-10(13(18)19)5-9(20-7)6-16-11-4-8(12(14)17)2-3-15-11/h2-5H,6H2,1H3,(H2,14,17)(H,15,16)(H,18,19). The average Bonchev–Trinajstić information content (AvgIpc) is 2.78. The van der Waals surface area contributed by atoms with Crippen LogP contribution in [0.4, 0.5) is 5.82 Å². The summed E-state index contributed by atoms with van der Waals surface area (Å²) in [5.41, 5.74) is 5.63. The number of rotatable bonds is 5. The van der Waals surface area contributed by atoms with Crippen LogP contribution in [-0.2, 0) is 6.54 Å². The molecule has 0 saturated heterocycles. The van der Waals surface area contributed by atoms with E-state index in [0.29, 0.717) is 22.9 Å². The van der Waals surface area contributed by atoms with E-state index < -0.39 is 11.9 Å². The number of furan rings is 1. The van der Waals surface area contributed by atoms with E-state index in [0.717, 1.165) is 0 Å². The summed E-state index contributed by atoms with van der Waals surface area (Å²) in [4.78, 5) is 25.9. The zero-order valence-electron chi connectivity index (χ0n) is 10.7. The van der Waals surface area contributed by atoms with Crippen LogP contribution in [0.25, 0.3) is 0 Å². The number of pyridine rings is 1. The number of hydrogen-bond acceptors (Lipinski definition) is 5. The number of hydrogen-bond donors (Lipinski definition) is 3. The fourth-order valence-electron chi connectivity index (χ4n) is 1.70. The van der Waals surface area contributed by atoms with Gasteiger partial charge in [0.25, 0.3) is 0 Å². The van der Waals surface area contributed by atoms with Gasteiger partial charge in [-0.05, 0) is 25.1 Å². The summed E-state index contributed by atoms with van der Waals surface area (Å²) in [5, 5.41) is 11.8. The molecule has 0 aliphatic rings. The molecule has 0 bridgehead atoms. The number of carbonyl (C=O) groups is 2. The maximum Gasteiger partial charge on any atom is 0.339 e. The van der Waals surface area contributed by atoms with Gasteiger partial charge in [-0.15, -0.1) is 0 Å². The molecule has 1 amide bonds. The minimum atomic E-state index is -1.04. The van der Waals surface area contributed by atoms with Crippen LogP contribution in [0.1, 0.15) is 32.2 Å². The van der Waals surface area contributed by atoms with Crippen LogP contribution in [0.5, 0.6) is 0 Å². The molecule has 7 heteroatoms. The maximum atomic E-state index is 11.0. The number of aryl methyl sites for hydroxylation is 1. The molecule has 2 heterocycles. The predicted molar refractivity (Wildman–Crippen MR) is 70.5 cm³/mol. The van der Waals surface area contributed by atoms with Gasteiger partial charge in [0, 0.05) is 11.8 Å². The Morgan fingerprint density at radius 1 is 1.45 bits per heavy atom. The fourth-order valence-corrected chi connectivity index (χ4v) is 1.70. The van der Waals surface area contributed by atoms with Gasteiger partial charge in [-0.25, -0.2) is 9.78 Å². The number of aromatic nitrogens is 1. The van der Waals surface area contributed by atoms with Gasteiger partial charge in [0.2, 0.25) is 5.91 Å². The molecule has 0 spiro atoms. The second-order valence-electron chi connectivity index (χ2n) is 4.14. The number of carboxylic acids is 1. The van der Waals surface area contributed by atoms with E-state index >= 15 is 0 Å². The van der Waals surface area contributed by atoms with E-state index in [1.54, 1.807) is 6.92 Å². The molecule has 0 fully saturated rings. The molecule has 2 aromatic heterocycles. The number of amides is 1. The third-order valence-electron chi connectivity index (χ3n) is 2.69. The first kappa shape index (κ1) is 13.6. The van der Waals surface area contributed by atoms with Crippen LogP contribution in [0.2, 0.25) is 0 Å². The van der Waals surface area contributed by atoms with Gasteiger partial charge >= 0.3 is 5.97 Å². The van der Waals surface area contributed by atoms with Crippen molar-refractivity contribution >= 4 is 17.7 Å². The Bertz CT molecular complexity index is 663. The summed E-state index contributed by atoms with van der Waals surface area (Å²) in [5.74, 6) is -0.324. The van der Waals surface area contributed by atoms with Crippen LogP contribution in [0.15, 0.2) is 28.8 Å². The molecule has 0 saturated carbocycles. The van der Waals surface area contributed by atoms with Crippen molar-refractivity contribution in [2.45, 2.75) is 13.5 Å². The molecule has 0 unspecified atom stereocenters. The van der Waals surface area contributed by atoms with E-state index in [1.807, 2.05) is 0 Å². The first-order valence-corrected chi connectivity index (χ1v) is 5.79. The van der Waals surface area contributed by atoms with E-state index in [4.69, 9.17) is 15.3 Å². The Balaban J connectivity index is 2.09. The molecule has 20 heavy (non-hydrogen) atoms. The number of nitrogens with zero attached hydrogens (tertiary/aromatic N) is 1. The van der Waals surface area contributed by atoms with Crippen molar-refractivity contribution in [1.29, 1.82) is 0 Å². The zero-order chi connectivity index (χ0) is 14.7. The number of carboxylic acid groups (broad SMARTS) is 1. The minimum absolute atomic E-state index is 0.126. The highest BCUT2D eigenvalue weighted by Gasteiger charge is 2.13. The van der Waals surface area contributed by atoms with Gasteiger partial charge in [0.1, 0.15) is 22.9 Å². The number of carbonyl (C=O) groups excluding carboxylic acids is 1. The molecule has 2 rings (SSSR count).